The first-order chi connectivity index (χ1) is 7.89. The number of nitrogens with zero attached hydrogens (tertiary/aromatic N) is 1. The number of cyclic esters (lactones) is 1. The van der Waals surface area contributed by atoms with Crippen LogP contribution in [0.2, 0.25) is 0 Å². The highest BCUT2D eigenvalue weighted by Crippen LogP contribution is 2.34. The largest absolute Gasteiger partial charge is 0.453 e. The number of thiocarbonyl (C=S) groups is 1. The van der Waals surface area contributed by atoms with E-state index in [2.05, 4.69) is 29.7 Å². The van der Waals surface area contributed by atoms with Gasteiger partial charge in [-0.3, -0.25) is 10.2 Å². The minimum Gasteiger partial charge on any atom is -0.453 e. The fourth-order valence-electron chi connectivity index (χ4n) is 1.95. The van der Waals surface area contributed by atoms with Crippen molar-refractivity contribution in [1.29, 1.82) is 0 Å². The highest BCUT2D eigenvalue weighted by atomic mass is 32.1. The van der Waals surface area contributed by atoms with Crippen LogP contribution in [-0.2, 0) is 9.53 Å². The van der Waals surface area contributed by atoms with Crippen molar-refractivity contribution in [3.05, 3.63) is 0 Å². The van der Waals surface area contributed by atoms with Crippen LogP contribution in [0.1, 0.15) is 40.0 Å². The standard InChI is InChI=1S/C11H19N3O2S/c1-4-5-8-6-11(3,16-9(8)15)7(2)13-14-10(12)17/h8H,4-6H2,1-3H3,(H3,12,14,17)/b13-7-/t8-,11-/m0/s1. The number of rotatable bonds is 4. The van der Waals surface area contributed by atoms with Gasteiger partial charge in [-0.05, 0) is 32.5 Å². The summed E-state index contributed by atoms with van der Waals surface area (Å²) in [5.41, 5.74) is 7.84. The lowest BCUT2D eigenvalue weighted by atomic mass is 9.90. The second-order valence-electron chi connectivity index (χ2n) is 4.51. The van der Waals surface area contributed by atoms with Crippen molar-refractivity contribution in [2.24, 2.45) is 16.8 Å². The number of hydrogen-bond donors (Lipinski definition) is 2. The lowest BCUT2D eigenvalue weighted by Crippen LogP contribution is -2.36. The third-order valence-electron chi connectivity index (χ3n) is 3.03. The van der Waals surface area contributed by atoms with Gasteiger partial charge < -0.3 is 10.5 Å². The van der Waals surface area contributed by atoms with Crippen LogP contribution in [0.15, 0.2) is 5.10 Å². The lowest BCUT2D eigenvalue weighted by molar-refractivity contribution is -0.146. The predicted octanol–water partition coefficient (Wildman–Crippen LogP) is 1.32. The Morgan fingerprint density at radius 3 is 2.94 bits per heavy atom. The molecule has 1 aliphatic rings. The molecule has 2 atom stereocenters. The van der Waals surface area contributed by atoms with Gasteiger partial charge >= 0.3 is 5.97 Å². The molecule has 1 heterocycles. The molecule has 0 spiro atoms. The number of carbonyl (C=O) groups excluding carboxylic acids is 1. The fourth-order valence-corrected chi connectivity index (χ4v) is 1.99. The smallest absolute Gasteiger partial charge is 0.310 e. The Kier molecular flexibility index (Phi) is 4.45. The molecule has 1 saturated heterocycles. The van der Waals surface area contributed by atoms with Crippen molar-refractivity contribution in [1.82, 2.24) is 5.43 Å². The van der Waals surface area contributed by atoms with Crippen molar-refractivity contribution in [2.45, 2.75) is 45.6 Å². The zero-order valence-electron chi connectivity index (χ0n) is 10.4. The summed E-state index contributed by atoms with van der Waals surface area (Å²) < 4.78 is 5.41. The summed E-state index contributed by atoms with van der Waals surface area (Å²) >= 11 is 4.66. The zero-order valence-corrected chi connectivity index (χ0v) is 11.3. The van der Waals surface area contributed by atoms with Gasteiger partial charge in [0.25, 0.3) is 0 Å². The number of carbonyl (C=O) groups is 1. The normalized spacial score (nSPS) is 29.0. The number of ether oxygens (including phenoxy) is 1. The maximum absolute atomic E-state index is 11.7. The average molecular weight is 257 g/mol. The highest BCUT2D eigenvalue weighted by molar-refractivity contribution is 7.80. The van der Waals surface area contributed by atoms with Crippen LogP contribution in [0.5, 0.6) is 0 Å². The maximum atomic E-state index is 11.7. The molecule has 0 radical (unpaired) electrons. The Hall–Kier alpha value is -1.17. The number of nitrogens with two attached hydrogens (primary N) is 1. The van der Waals surface area contributed by atoms with Gasteiger partial charge in [-0.15, -0.1) is 0 Å². The minimum absolute atomic E-state index is 0.0278. The molecule has 0 aromatic carbocycles. The molecule has 0 unspecified atom stereocenters. The Morgan fingerprint density at radius 2 is 2.41 bits per heavy atom. The van der Waals surface area contributed by atoms with Crippen LogP contribution in [0.4, 0.5) is 0 Å². The number of esters is 1. The average Bonchev–Trinajstić information content (AvgIpc) is 2.52. The molecule has 0 amide bonds. The molecule has 0 saturated carbocycles. The van der Waals surface area contributed by atoms with E-state index >= 15 is 0 Å². The molecule has 3 N–H and O–H groups in total. The predicted molar refractivity (Wildman–Crippen MR) is 70.5 cm³/mol. The van der Waals surface area contributed by atoms with E-state index in [1.165, 1.54) is 0 Å². The van der Waals surface area contributed by atoms with E-state index < -0.39 is 5.60 Å². The summed E-state index contributed by atoms with van der Waals surface area (Å²) in [5.74, 6) is -0.167. The van der Waals surface area contributed by atoms with Crippen molar-refractivity contribution in [2.75, 3.05) is 0 Å². The molecule has 6 heteroatoms. The zero-order chi connectivity index (χ0) is 13.1. The molecule has 0 bridgehead atoms. The Bertz CT molecular complexity index is 357. The molecular weight excluding hydrogens is 238 g/mol. The molecule has 1 aliphatic heterocycles. The van der Waals surface area contributed by atoms with Gasteiger partial charge in [-0.25, -0.2) is 0 Å². The molecule has 1 fully saturated rings. The van der Waals surface area contributed by atoms with E-state index in [9.17, 15) is 4.79 Å². The van der Waals surface area contributed by atoms with E-state index in [1.807, 2.05) is 6.92 Å². The second-order valence-corrected chi connectivity index (χ2v) is 4.95. The van der Waals surface area contributed by atoms with Crippen LogP contribution in [0, 0.1) is 5.92 Å². The Morgan fingerprint density at radius 1 is 1.76 bits per heavy atom. The van der Waals surface area contributed by atoms with Gasteiger partial charge in [-0.2, -0.15) is 5.10 Å². The molecule has 0 aliphatic carbocycles. The van der Waals surface area contributed by atoms with E-state index in [0.29, 0.717) is 12.1 Å². The van der Waals surface area contributed by atoms with Crippen LogP contribution < -0.4 is 11.2 Å². The lowest BCUT2D eigenvalue weighted by Gasteiger charge is -2.22. The molecule has 17 heavy (non-hydrogen) atoms. The quantitative estimate of drug-likeness (QED) is 0.344. The van der Waals surface area contributed by atoms with E-state index in [4.69, 9.17) is 10.5 Å². The van der Waals surface area contributed by atoms with Gasteiger partial charge in [-0.1, -0.05) is 13.3 Å². The first-order valence-electron chi connectivity index (χ1n) is 5.72. The second kappa shape index (κ2) is 5.44. The first-order valence-corrected chi connectivity index (χ1v) is 6.13. The maximum Gasteiger partial charge on any atom is 0.310 e. The van der Waals surface area contributed by atoms with Gasteiger partial charge in [0.2, 0.25) is 0 Å². The molecule has 5 nitrogen and oxygen atoms in total. The highest BCUT2D eigenvalue weighted by Gasteiger charge is 2.45. The van der Waals surface area contributed by atoms with Crippen LogP contribution in [0.25, 0.3) is 0 Å². The topological polar surface area (TPSA) is 76.7 Å². The third-order valence-corrected chi connectivity index (χ3v) is 3.12. The SMILES string of the molecule is CCC[C@H]1C[C@@](C)(/C(C)=N\NC(N)=S)OC1=O. The van der Waals surface area contributed by atoms with Crippen molar-refractivity contribution >= 4 is 29.0 Å². The van der Waals surface area contributed by atoms with Crippen LogP contribution in [-0.4, -0.2) is 22.4 Å². The minimum atomic E-state index is -0.644. The first kappa shape index (κ1) is 13.9. The Labute approximate surface area is 107 Å². The number of nitrogens with one attached hydrogen (secondary N) is 1. The monoisotopic (exact) mass is 257 g/mol. The summed E-state index contributed by atoms with van der Waals surface area (Å²) in [6.07, 6.45) is 2.48. The van der Waals surface area contributed by atoms with Crippen molar-refractivity contribution < 1.29 is 9.53 Å². The molecule has 96 valence electrons. The summed E-state index contributed by atoms with van der Waals surface area (Å²) in [6, 6.07) is 0. The fraction of sp³-hybridized carbons (Fsp3) is 0.727. The summed E-state index contributed by atoms with van der Waals surface area (Å²) in [7, 11) is 0. The molecule has 1 rings (SSSR count). The number of hydrogen-bond acceptors (Lipinski definition) is 4. The van der Waals surface area contributed by atoms with Crippen LogP contribution >= 0.6 is 12.2 Å². The van der Waals surface area contributed by atoms with Crippen molar-refractivity contribution in [3.8, 4) is 0 Å². The number of hydrazone groups is 1. The van der Waals surface area contributed by atoms with E-state index in [-0.39, 0.29) is 17.0 Å². The van der Waals surface area contributed by atoms with Gasteiger partial charge in [0.15, 0.2) is 5.11 Å². The molecule has 0 aromatic rings. The summed E-state index contributed by atoms with van der Waals surface area (Å²) in [6.45, 7) is 5.71. The molecule has 0 aromatic heterocycles. The van der Waals surface area contributed by atoms with Crippen LogP contribution in [0.3, 0.4) is 0 Å². The van der Waals surface area contributed by atoms with Crippen molar-refractivity contribution in [3.63, 3.8) is 0 Å². The molecular formula is C11H19N3O2S. The van der Waals surface area contributed by atoms with E-state index in [1.54, 1.807) is 6.92 Å². The van der Waals surface area contributed by atoms with Gasteiger partial charge in [0.05, 0.1) is 11.6 Å². The van der Waals surface area contributed by atoms with Gasteiger partial charge in [0, 0.05) is 6.42 Å². The van der Waals surface area contributed by atoms with Gasteiger partial charge in [0.1, 0.15) is 5.60 Å². The van der Waals surface area contributed by atoms with E-state index in [0.717, 1.165) is 12.8 Å². The summed E-state index contributed by atoms with van der Waals surface area (Å²) in [5, 5.41) is 4.13. The summed E-state index contributed by atoms with van der Waals surface area (Å²) in [4.78, 5) is 11.7. The Balaban J connectivity index is 2.73. The third kappa shape index (κ3) is 3.39.